The summed E-state index contributed by atoms with van der Waals surface area (Å²) in [5.74, 6) is 0. The van der Waals surface area contributed by atoms with Gasteiger partial charge in [0.05, 0.1) is 24.1 Å². The van der Waals surface area contributed by atoms with Crippen molar-refractivity contribution in [1.29, 1.82) is 0 Å². The van der Waals surface area contributed by atoms with E-state index in [-0.39, 0.29) is 0 Å². The van der Waals surface area contributed by atoms with Gasteiger partial charge in [-0.15, -0.1) is 0 Å². The summed E-state index contributed by atoms with van der Waals surface area (Å²) >= 11 is 0. The van der Waals surface area contributed by atoms with Crippen LogP contribution >= 0.6 is 0 Å². The summed E-state index contributed by atoms with van der Waals surface area (Å²) in [6, 6.07) is 2.11. The van der Waals surface area contributed by atoms with E-state index in [2.05, 4.69) is 23.4 Å². The number of piperidine rings is 1. The second-order valence-electron chi connectivity index (χ2n) is 4.37. The Morgan fingerprint density at radius 2 is 2.50 bits per heavy atom. The van der Waals surface area contributed by atoms with Crippen molar-refractivity contribution < 1.29 is 4.74 Å². The van der Waals surface area contributed by atoms with Crippen molar-refractivity contribution in [3.63, 3.8) is 0 Å². The molecule has 2 rings (SSSR count). The van der Waals surface area contributed by atoms with E-state index in [4.69, 9.17) is 4.74 Å². The molecule has 1 aromatic rings. The fourth-order valence-corrected chi connectivity index (χ4v) is 2.15. The smallest absolute Gasteiger partial charge is 0.0889 e. The first-order valence-corrected chi connectivity index (χ1v) is 6.15. The maximum Gasteiger partial charge on any atom is 0.0889 e. The zero-order chi connectivity index (χ0) is 11.4. The van der Waals surface area contributed by atoms with Gasteiger partial charge in [0.15, 0.2) is 0 Å². The van der Waals surface area contributed by atoms with Crippen LogP contribution in [0.2, 0.25) is 0 Å². The van der Waals surface area contributed by atoms with Gasteiger partial charge in [-0.25, -0.2) is 0 Å². The molecule has 0 spiro atoms. The molecule has 0 unspecified atom stereocenters. The van der Waals surface area contributed by atoms with Gasteiger partial charge < -0.3 is 10.1 Å². The fourth-order valence-electron chi connectivity index (χ4n) is 2.15. The molecule has 4 nitrogen and oxygen atoms in total. The molecule has 1 saturated heterocycles. The van der Waals surface area contributed by atoms with Gasteiger partial charge >= 0.3 is 0 Å². The number of aryl methyl sites for hydroxylation is 2. The van der Waals surface area contributed by atoms with E-state index in [9.17, 15) is 0 Å². The minimum atomic E-state index is 0.370. The van der Waals surface area contributed by atoms with Crippen molar-refractivity contribution in [2.75, 3.05) is 13.1 Å². The van der Waals surface area contributed by atoms with Crippen molar-refractivity contribution in [3.05, 3.63) is 17.5 Å². The number of hydrogen-bond donors (Lipinski definition) is 1. The number of nitrogens with one attached hydrogen (secondary N) is 1. The molecule has 2 heterocycles. The van der Waals surface area contributed by atoms with Crippen LogP contribution < -0.4 is 5.32 Å². The zero-order valence-corrected chi connectivity index (χ0v) is 10.2. The van der Waals surface area contributed by atoms with E-state index >= 15 is 0 Å². The molecule has 0 aromatic carbocycles. The Bertz CT molecular complexity index is 329. The van der Waals surface area contributed by atoms with Gasteiger partial charge in [-0.1, -0.05) is 0 Å². The van der Waals surface area contributed by atoms with Crippen LogP contribution in [0, 0.1) is 6.92 Å². The van der Waals surface area contributed by atoms with Gasteiger partial charge in [0, 0.05) is 13.1 Å². The molecule has 16 heavy (non-hydrogen) atoms. The maximum atomic E-state index is 5.90. The summed E-state index contributed by atoms with van der Waals surface area (Å²) in [6.07, 6.45) is 2.76. The lowest BCUT2D eigenvalue weighted by Gasteiger charge is -2.23. The van der Waals surface area contributed by atoms with Crippen LogP contribution in [-0.4, -0.2) is 29.0 Å². The molecule has 90 valence electrons. The maximum absolute atomic E-state index is 5.90. The van der Waals surface area contributed by atoms with E-state index in [0.29, 0.717) is 12.7 Å². The topological polar surface area (TPSA) is 39.1 Å². The van der Waals surface area contributed by atoms with Crippen LogP contribution in [0.5, 0.6) is 0 Å². The van der Waals surface area contributed by atoms with Crippen LogP contribution in [0.25, 0.3) is 0 Å². The summed E-state index contributed by atoms with van der Waals surface area (Å²) in [5, 5.41) is 7.77. The predicted molar refractivity (Wildman–Crippen MR) is 63.3 cm³/mol. The molecular weight excluding hydrogens is 202 g/mol. The van der Waals surface area contributed by atoms with Crippen LogP contribution in [-0.2, 0) is 17.9 Å². The third-order valence-electron chi connectivity index (χ3n) is 3.00. The van der Waals surface area contributed by atoms with Gasteiger partial charge in [-0.05, 0) is 39.3 Å². The standard InChI is InChI=1S/C12H21N3O/c1-3-15-11(7-10(2)14-15)9-16-12-5-4-6-13-8-12/h7,12-13H,3-6,8-9H2,1-2H3/t12-/m0/s1. The molecule has 1 aliphatic rings. The molecule has 1 aliphatic heterocycles. The highest BCUT2D eigenvalue weighted by atomic mass is 16.5. The van der Waals surface area contributed by atoms with E-state index in [1.807, 2.05) is 11.6 Å². The monoisotopic (exact) mass is 223 g/mol. The lowest BCUT2D eigenvalue weighted by molar-refractivity contribution is 0.0218. The van der Waals surface area contributed by atoms with Gasteiger partial charge in [0.2, 0.25) is 0 Å². The SMILES string of the molecule is CCn1nc(C)cc1CO[C@H]1CCCNC1. The Morgan fingerprint density at radius 3 is 3.19 bits per heavy atom. The Balaban J connectivity index is 1.87. The molecule has 4 heteroatoms. The molecule has 0 saturated carbocycles. The van der Waals surface area contributed by atoms with Gasteiger partial charge in [-0.3, -0.25) is 4.68 Å². The van der Waals surface area contributed by atoms with Crippen molar-refractivity contribution >= 4 is 0 Å². The molecule has 0 bridgehead atoms. The molecule has 1 atom stereocenters. The number of hydrogen-bond acceptors (Lipinski definition) is 3. The first-order valence-electron chi connectivity index (χ1n) is 6.15. The molecule has 0 radical (unpaired) electrons. The lowest BCUT2D eigenvalue weighted by Crippen LogP contribution is -2.35. The molecular formula is C12H21N3O. The first-order chi connectivity index (χ1) is 7.79. The molecule has 0 amide bonds. The highest BCUT2D eigenvalue weighted by molar-refractivity contribution is 5.07. The molecule has 1 N–H and O–H groups in total. The minimum Gasteiger partial charge on any atom is -0.371 e. The number of aromatic nitrogens is 2. The van der Waals surface area contributed by atoms with Crippen molar-refractivity contribution in [2.45, 2.75) is 45.9 Å². The van der Waals surface area contributed by atoms with Crippen LogP contribution in [0.4, 0.5) is 0 Å². The zero-order valence-electron chi connectivity index (χ0n) is 10.2. The van der Waals surface area contributed by atoms with Crippen LogP contribution in [0.1, 0.15) is 31.2 Å². The molecule has 1 fully saturated rings. The van der Waals surface area contributed by atoms with Crippen molar-refractivity contribution in [1.82, 2.24) is 15.1 Å². The Labute approximate surface area is 97.0 Å². The Kier molecular flexibility index (Phi) is 3.96. The second kappa shape index (κ2) is 5.46. The number of rotatable bonds is 4. The van der Waals surface area contributed by atoms with E-state index in [1.54, 1.807) is 0 Å². The van der Waals surface area contributed by atoms with E-state index < -0.39 is 0 Å². The van der Waals surface area contributed by atoms with E-state index in [1.165, 1.54) is 18.5 Å². The number of nitrogens with zero attached hydrogens (tertiary/aromatic N) is 2. The summed E-state index contributed by atoms with van der Waals surface area (Å²) in [4.78, 5) is 0. The Morgan fingerprint density at radius 1 is 1.62 bits per heavy atom. The predicted octanol–water partition coefficient (Wildman–Crippen LogP) is 1.48. The van der Waals surface area contributed by atoms with Gasteiger partial charge in [0.1, 0.15) is 0 Å². The van der Waals surface area contributed by atoms with Crippen LogP contribution in [0.15, 0.2) is 6.07 Å². The average Bonchev–Trinajstić information content (AvgIpc) is 2.68. The molecule has 1 aromatic heterocycles. The van der Waals surface area contributed by atoms with Gasteiger partial charge in [0.25, 0.3) is 0 Å². The fraction of sp³-hybridized carbons (Fsp3) is 0.750. The summed E-state index contributed by atoms with van der Waals surface area (Å²) < 4.78 is 7.92. The summed E-state index contributed by atoms with van der Waals surface area (Å²) in [7, 11) is 0. The second-order valence-corrected chi connectivity index (χ2v) is 4.37. The molecule has 0 aliphatic carbocycles. The average molecular weight is 223 g/mol. The first kappa shape index (κ1) is 11.6. The highest BCUT2D eigenvalue weighted by Crippen LogP contribution is 2.11. The highest BCUT2D eigenvalue weighted by Gasteiger charge is 2.14. The van der Waals surface area contributed by atoms with Crippen molar-refractivity contribution in [2.24, 2.45) is 0 Å². The summed E-state index contributed by atoms with van der Waals surface area (Å²) in [5.41, 5.74) is 2.26. The third-order valence-corrected chi connectivity index (χ3v) is 3.00. The van der Waals surface area contributed by atoms with Crippen LogP contribution in [0.3, 0.4) is 0 Å². The van der Waals surface area contributed by atoms with E-state index in [0.717, 1.165) is 25.3 Å². The Hall–Kier alpha value is -0.870. The van der Waals surface area contributed by atoms with Gasteiger partial charge in [-0.2, -0.15) is 5.10 Å². The quantitative estimate of drug-likeness (QED) is 0.840. The summed E-state index contributed by atoms with van der Waals surface area (Å²) in [6.45, 7) is 7.84. The minimum absolute atomic E-state index is 0.370. The lowest BCUT2D eigenvalue weighted by atomic mass is 10.1. The third kappa shape index (κ3) is 2.83. The normalized spacial score (nSPS) is 21.2. The number of ether oxygens (including phenoxy) is 1. The largest absolute Gasteiger partial charge is 0.371 e. The van der Waals surface area contributed by atoms with Crippen molar-refractivity contribution in [3.8, 4) is 0 Å².